The van der Waals surface area contributed by atoms with Gasteiger partial charge in [0.2, 0.25) is 0 Å². The summed E-state index contributed by atoms with van der Waals surface area (Å²) in [5.74, 6) is 0. The number of halogens is 2. The highest BCUT2D eigenvalue weighted by molar-refractivity contribution is 14.1. The van der Waals surface area contributed by atoms with Crippen molar-refractivity contribution in [2.24, 2.45) is 0 Å². The van der Waals surface area contributed by atoms with Crippen LogP contribution in [0.3, 0.4) is 0 Å². The molecule has 0 radical (unpaired) electrons. The zero-order valence-electron chi connectivity index (χ0n) is 5.90. The number of rotatable bonds is 4. The highest BCUT2D eigenvalue weighted by atomic mass is 127. The summed E-state index contributed by atoms with van der Waals surface area (Å²) in [4.78, 5) is 0. The van der Waals surface area contributed by atoms with Crippen LogP contribution in [0.2, 0.25) is 0 Å². The third-order valence-electron chi connectivity index (χ3n) is 1.36. The Kier molecular flexibility index (Phi) is 7.12. The average Bonchev–Trinajstić information content (AvgIpc) is 1.82. The van der Waals surface area contributed by atoms with E-state index in [-0.39, 0.29) is 0 Å². The second-order valence-corrected chi connectivity index (χ2v) is 4.81. The SMILES string of the molecule is C[C@@H](CCCI)N(C)I. The highest BCUT2D eigenvalue weighted by Gasteiger charge is 2.03. The summed E-state index contributed by atoms with van der Waals surface area (Å²) in [6, 6.07) is 0.736. The quantitative estimate of drug-likeness (QED) is 0.427. The van der Waals surface area contributed by atoms with Crippen LogP contribution in [0.25, 0.3) is 0 Å². The van der Waals surface area contributed by atoms with Gasteiger partial charge in [-0.1, -0.05) is 22.6 Å². The Labute approximate surface area is 85.2 Å². The van der Waals surface area contributed by atoms with Gasteiger partial charge in [-0.2, -0.15) is 0 Å². The fraction of sp³-hybridized carbons (Fsp3) is 1.00. The normalized spacial score (nSPS) is 14.3. The predicted octanol–water partition coefficient (Wildman–Crippen LogP) is 2.87. The lowest BCUT2D eigenvalue weighted by atomic mass is 10.2. The monoisotopic (exact) mass is 353 g/mol. The molecule has 9 heavy (non-hydrogen) atoms. The first-order chi connectivity index (χ1) is 4.18. The number of hydrogen-bond acceptors (Lipinski definition) is 1. The van der Waals surface area contributed by atoms with Gasteiger partial charge in [0, 0.05) is 28.9 Å². The summed E-state index contributed by atoms with van der Waals surface area (Å²) in [5, 5.41) is 0. The van der Waals surface area contributed by atoms with Crippen molar-refractivity contribution in [1.82, 2.24) is 3.11 Å². The largest absolute Gasteiger partial charge is 0.248 e. The van der Waals surface area contributed by atoms with Crippen LogP contribution in [0, 0.1) is 0 Å². The van der Waals surface area contributed by atoms with Gasteiger partial charge in [-0.3, -0.25) is 0 Å². The summed E-state index contributed by atoms with van der Waals surface area (Å²) in [5.41, 5.74) is 0. The van der Waals surface area contributed by atoms with Crippen LogP contribution in [0.1, 0.15) is 19.8 Å². The fourth-order valence-electron chi connectivity index (χ4n) is 0.550. The molecular formula is C6H13I2N. The maximum atomic E-state index is 2.42. The van der Waals surface area contributed by atoms with E-state index < -0.39 is 0 Å². The molecule has 0 N–H and O–H groups in total. The maximum absolute atomic E-state index is 2.42. The first-order valence-corrected chi connectivity index (χ1v) is 5.62. The topological polar surface area (TPSA) is 3.24 Å². The predicted molar refractivity (Wildman–Crippen MR) is 59.4 cm³/mol. The average molecular weight is 353 g/mol. The van der Waals surface area contributed by atoms with Gasteiger partial charge in [0.15, 0.2) is 0 Å². The zero-order chi connectivity index (χ0) is 7.28. The van der Waals surface area contributed by atoms with Crippen molar-refractivity contribution in [2.75, 3.05) is 11.5 Å². The van der Waals surface area contributed by atoms with E-state index in [1.54, 1.807) is 0 Å². The molecule has 0 aliphatic rings. The molecule has 0 saturated carbocycles. The van der Waals surface area contributed by atoms with Crippen LogP contribution in [0.4, 0.5) is 0 Å². The van der Waals surface area contributed by atoms with Gasteiger partial charge < -0.3 is 0 Å². The molecule has 1 nitrogen and oxygen atoms in total. The molecule has 56 valence electrons. The van der Waals surface area contributed by atoms with Crippen LogP contribution in [-0.4, -0.2) is 20.6 Å². The molecule has 0 fully saturated rings. The summed E-state index contributed by atoms with van der Waals surface area (Å²) in [6.07, 6.45) is 2.66. The molecule has 0 aliphatic carbocycles. The van der Waals surface area contributed by atoms with Crippen LogP contribution in [0.15, 0.2) is 0 Å². The van der Waals surface area contributed by atoms with Crippen molar-refractivity contribution in [3.63, 3.8) is 0 Å². The molecule has 0 aliphatic heterocycles. The molecule has 0 spiro atoms. The van der Waals surface area contributed by atoms with Crippen molar-refractivity contribution in [3.8, 4) is 0 Å². The van der Waals surface area contributed by atoms with Gasteiger partial charge in [0.05, 0.1) is 0 Å². The standard InChI is InChI=1S/C6H13I2N/c1-6(9(2)8)4-3-5-7/h6H,3-5H2,1-2H3/t6-/m0/s1. The molecule has 0 aromatic carbocycles. The Morgan fingerprint density at radius 2 is 2.11 bits per heavy atom. The molecule has 0 bridgehead atoms. The number of hydrogen-bond donors (Lipinski definition) is 0. The Morgan fingerprint density at radius 1 is 1.56 bits per heavy atom. The lowest BCUT2D eigenvalue weighted by Crippen LogP contribution is -2.18. The van der Waals surface area contributed by atoms with E-state index in [4.69, 9.17) is 0 Å². The van der Waals surface area contributed by atoms with Crippen molar-refractivity contribution in [1.29, 1.82) is 0 Å². The number of alkyl halides is 1. The van der Waals surface area contributed by atoms with Gasteiger partial charge in [-0.15, -0.1) is 0 Å². The molecule has 0 heterocycles. The third-order valence-corrected chi connectivity index (χ3v) is 3.08. The molecule has 1 atom stereocenters. The Morgan fingerprint density at radius 3 is 2.44 bits per heavy atom. The lowest BCUT2D eigenvalue weighted by Gasteiger charge is -2.16. The Bertz CT molecular complexity index is 66.1. The van der Waals surface area contributed by atoms with E-state index >= 15 is 0 Å². The van der Waals surface area contributed by atoms with Crippen molar-refractivity contribution in [3.05, 3.63) is 0 Å². The second-order valence-electron chi connectivity index (χ2n) is 2.21. The van der Waals surface area contributed by atoms with Crippen molar-refractivity contribution < 1.29 is 0 Å². The Balaban J connectivity index is 3.16. The molecular weight excluding hydrogens is 340 g/mol. The highest BCUT2D eigenvalue weighted by Crippen LogP contribution is 2.09. The van der Waals surface area contributed by atoms with Gasteiger partial charge in [-0.05, 0) is 31.2 Å². The first-order valence-electron chi connectivity index (χ1n) is 3.13. The van der Waals surface area contributed by atoms with Crippen molar-refractivity contribution in [2.45, 2.75) is 25.8 Å². The van der Waals surface area contributed by atoms with Gasteiger partial charge in [-0.25, -0.2) is 3.11 Å². The van der Waals surface area contributed by atoms with Gasteiger partial charge in [0.1, 0.15) is 0 Å². The van der Waals surface area contributed by atoms with Crippen LogP contribution >= 0.6 is 45.5 Å². The van der Waals surface area contributed by atoms with Crippen molar-refractivity contribution >= 4 is 45.5 Å². The van der Waals surface area contributed by atoms with E-state index in [0.29, 0.717) is 0 Å². The minimum atomic E-state index is 0.736. The van der Waals surface area contributed by atoms with Crippen LogP contribution in [-0.2, 0) is 0 Å². The summed E-state index contributed by atoms with van der Waals surface area (Å²) >= 11 is 4.76. The molecule has 0 rings (SSSR count). The molecule has 0 aromatic heterocycles. The molecule has 0 aromatic rings. The van der Waals surface area contributed by atoms with Gasteiger partial charge >= 0.3 is 0 Å². The first kappa shape index (κ1) is 10.4. The minimum Gasteiger partial charge on any atom is -0.248 e. The Hall–Kier alpha value is 1.42. The van der Waals surface area contributed by atoms with E-state index in [2.05, 4.69) is 62.5 Å². The number of nitrogens with zero attached hydrogens (tertiary/aromatic N) is 1. The molecule has 0 unspecified atom stereocenters. The molecule has 0 saturated heterocycles. The van der Waals surface area contributed by atoms with E-state index in [1.807, 2.05) is 0 Å². The molecule has 3 heteroatoms. The fourth-order valence-corrected chi connectivity index (χ4v) is 1.27. The van der Waals surface area contributed by atoms with Gasteiger partial charge in [0.25, 0.3) is 0 Å². The molecule has 0 amide bonds. The third kappa shape index (κ3) is 5.84. The van der Waals surface area contributed by atoms with Crippen LogP contribution in [0.5, 0.6) is 0 Å². The minimum absolute atomic E-state index is 0.736. The van der Waals surface area contributed by atoms with Crippen LogP contribution < -0.4 is 0 Å². The van der Waals surface area contributed by atoms with E-state index in [9.17, 15) is 0 Å². The maximum Gasteiger partial charge on any atom is 0.0201 e. The summed E-state index contributed by atoms with van der Waals surface area (Å²) in [6.45, 7) is 2.26. The second kappa shape index (κ2) is 6.15. The van der Waals surface area contributed by atoms with E-state index in [1.165, 1.54) is 17.3 Å². The summed E-state index contributed by atoms with van der Waals surface area (Å²) in [7, 11) is 2.12. The smallest absolute Gasteiger partial charge is 0.0201 e. The van der Waals surface area contributed by atoms with E-state index in [0.717, 1.165) is 6.04 Å². The lowest BCUT2D eigenvalue weighted by molar-refractivity contribution is 0.439. The summed E-state index contributed by atoms with van der Waals surface area (Å²) < 4.78 is 3.52. The zero-order valence-corrected chi connectivity index (χ0v) is 10.2.